The Kier molecular flexibility index (Phi) is 4.29. The SMILES string of the molecule is CCOC(=O)N(C)COC(=O)C1=CCCC2CCN12. The standard InChI is InChI=1S/C13H20N2O4/c1-3-18-13(17)14(2)9-19-12(16)11-6-4-5-10-7-8-15(10)11/h6,10H,3-5,7-9H2,1-2H3. The van der Waals surface area contributed by atoms with Gasteiger partial charge in [-0.2, -0.15) is 0 Å². The van der Waals surface area contributed by atoms with Gasteiger partial charge in [-0.05, 0) is 26.2 Å². The van der Waals surface area contributed by atoms with Crippen LogP contribution in [0, 0.1) is 0 Å². The molecule has 0 aliphatic carbocycles. The average Bonchev–Trinajstić information content (AvgIpc) is 2.36. The fraction of sp³-hybridized carbons (Fsp3) is 0.692. The van der Waals surface area contributed by atoms with Crippen molar-refractivity contribution in [2.45, 2.75) is 32.2 Å². The number of hydrogen-bond acceptors (Lipinski definition) is 5. The average molecular weight is 268 g/mol. The van der Waals surface area contributed by atoms with E-state index >= 15 is 0 Å². The van der Waals surface area contributed by atoms with Gasteiger partial charge in [-0.25, -0.2) is 9.59 Å². The Labute approximate surface area is 112 Å². The predicted octanol–water partition coefficient (Wildman–Crippen LogP) is 1.33. The van der Waals surface area contributed by atoms with Gasteiger partial charge in [0.05, 0.1) is 6.61 Å². The fourth-order valence-corrected chi connectivity index (χ4v) is 2.30. The Balaban J connectivity index is 1.81. The van der Waals surface area contributed by atoms with E-state index in [1.807, 2.05) is 6.08 Å². The van der Waals surface area contributed by atoms with Crippen LogP contribution < -0.4 is 0 Å². The largest absolute Gasteiger partial charge is 0.450 e. The molecule has 1 unspecified atom stereocenters. The molecule has 2 aliphatic rings. The van der Waals surface area contributed by atoms with Gasteiger partial charge >= 0.3 is 12.1 Å². The summed E-state index contributed by atoms with van der Waals surface area (Å²) in [7, 11) is 1.53. The van der Waals surface area contributed by atoms with E-state index in [2.05, 4.69) is 4.90 Å². The number of carbonyl (C=O) groups is 2. The molecule has 0 N–H and O–H groups in total. The van der Waals surface area contributed by atoms with Crippen molar-refractivity contribution < 1.29 is 19.1 Å². The number of hydrogen-bond donors (Lipinski definition) is 0. The highest BCUT2D eigenvalue weighted by Gasteiger charge is 2.35. The first-order valence-corrected chi connectivity index (χ1v) is 6.65. The van der Waals surface area contributed by atoms with Crippen LogP contribution in [0.25, 0.3) is 0 Å². The second-order valence-electron chi connectivity index (χ2n) is 4.76. The third kappa shape index (κ3) is 3.00. The molecule has 1 atom stereocenters. The molecule has 6 heteroatoms. The van der Waals surface area contributed by atoms with Crippen molar-refractivity contribution in [2.75, 3.05) is 26.9 Å². The molecule has 0 radical (unpaired) electrons. The van der Waals surface area contributed by atoms with E-state index < -0.39 is 6.09 Å². The highest BCUT2D eigenvalue weighted by Crippen LogP contribution is 2.31. The monoisotopic (exact) mass is 268 g/mol. The fourth-order valence-electron chi connectivity index (χ4n) is 2.30. The van der Waals surface area contributed by atoms with Crippen molar-refractivity contribution in [2.24, 2.45) is 0 Å². The maximum atomic E-state index is 12.0. The molecule has 0 spiro atoms. The van der Waals surface area contributed by atoms with Crippen molar-refractivity contribution >= 4 is 12.1 Å². The summed E-state index contributed by atoms with van der Waals surface area (Å²) in [6, 6.07) is 0.496. The molecule has 0 aromatic heterocycles. The lowest BCUT2D eigenvalue weighted by atomic mass is 9.93. The highest BCUT2D eigenvalue weighted by molar-refractivity contribution is 5.88. The molecular weight excluding hydrogens is 248 g/mol. The molecule has 19 heavy (non-hydrogen) atoms. The molecule has 0 aromatic rings. The lowest BCUT2D eigenvalue weighted by Gasteiger charge is -2.45. The quantitative estimate of drug-likeness (QED) is 0.568. The molecule has 1 fully saturated rings. The molecule has 2 rings (SSSR count). The number of esters is 1. The molecule has 1 amide bonds. The van der Waals surface area contributed by atoms with E-state index in [0.717, 1.165) is 25.8 Å². The highest BCUT2D eigenvalue weighted by atomic mass is 16.6. The summed E-state index contributed by atoms with van der Waals surface area (Å²) >= 11 is 0. The van der Waals surface area contributed by atoms with Gasteiger partial charge in [-0.3, -0.25) is 4.90 Å². The normalized spacial score (nSPS) is 20.8. The van der Waals surface area contributed by atoms with Gasteiger partial charge in [0.1, 0.15) is 5.70 Å². The van der Waals surface area contributed by atoms with Gasteiger partial charge in [-0.15, -0.1) is 0 Å². The van der Waals surface area contributed by atoms with Crippen LogP contribution in [-0.2, 0) is 14.3 Å². The third-order valence-electron chi connectivity index (χ3n) is 3.47. The van der Waals surface area contributed by atoms with Gasteiger partial charge in [0, 0.05) is 19.6 Å². The second-order valence-corrected chi connectivity index (χ2v) is 4.76. The smallest absolute Gasteiger partial charge is 0.412 e. The first-order chi connectivity index (χ1) is 9.13. The Morgan fingerprint density at radius 1 is 1.42 bits per heavy atom. The molecule has 1 saturated heterocycles. The van der Waals surface area contributed by atoms with Gasteiger partial charge in [-0.1, -0.05) is 6.08 Å². The first-order valence-electron chi connectivity index (χ1n) is 6.65. The van der Waals surface area contributed by atoms with Crippen LogP contribution >= 0.6 is 0 Å². The summed E-state index contributed by atoms with van der Waals surface area (Å²) in [4.78, 5) is 26.6. The van der Waals surface area contributed by atoms with Crippen molar-refractivity contribution in [3.8, 4) is 0 Å². The van der Waals surface area contributed by atoms with Crippen molar-refractivity contribution in [3.63, 3.8) is 0 Å². The van der Waals surface area contributed by atoms with Gasteiger partial charge in [0.15, 0.2) is 6.73 Å². The topological polar surface area (TPSA) is 59.1 Å². The van der Waals surface area contributed by atoms with Crippen molar-refractivity contribution in [3.05, 3.63) is 11.8 Å². The van der Waals surface area contributed by atoms with Crippen molar-refractivity contribution in [1.82, 2.24) is 9.80 Å². The number of nitrogens with zero attached hydrogens (tertiary/aromatic N) is 2. The summed E-state index contributed by atoms with van der Waals surface area (Å²) in [5.41, 5.74) is 0.639. The Morgan fingerprint density at radius 3 is 2.84 bits per heavy atom. The first kappa shape index (κ1) is 13.7. The summed E-state index contributed by atoms with van der Waals surface area (Å²) < 4.78 is 9.94. The molecule has 0 aromatic carbocycles. The zero-order valence-corrected chi connectivity index (χ0v) is 11.4. The summed E-state index contributed by atoms with van der Waals surface area (Å²) in [5.74, 6) is -0.361. The Bertz CT molecular complexity index is 394. The van der Waals surface area contributed by atoms with Crippen molar-refractivity contribution in [1.29, 1.82) is 0 Å². The third-order valence-corrected chi connectivity index (χ3v) is 3.47. The number of amides is 1. The maximum absolute atomic E-state index is 12.0. The van der Waals surface area contributed by atoms with Gasteiger partial charge in [0.2, 0.25) is 0 Å². The summed E-state index contributed by atoms with van der Waals surface area (Å²) in [5, 5.41) is 0. The number of fused-ring (bicyclic) bond motifs is 1. The van der Waals surface area contributed by atoms with Crippen LogP contribution in [0.1, 0.15) is 26.2 Å². The number of rotatable bonds is 4. The number of carbonyl (C=O) groups excluding carboxylic acids is 2. The van der Waals surface area contributed by atoms with E-state index in [-0.39, 0.29) is 12.7 Å². The van der Waals surface area contributed by atoms with E-state index in [4.69, 9.17) is 9.47 Å². The van der Waals surface area contributed by atoms with Crippen LogP contribution in [0.2, 0.25) is 0 Å². The zero-order valence-electron chi connectivity index (χ0n) is 11.4. The van der Waals surface area contributed by atoms with E-state index in [1.165, 1.54) is 11.9 Å². The van der Waals surface area contributed by atoms with Crippen LogP contribution in [0.4, 0.5) is 4.79 Å². The molecule has 0 saturated carbocycles. The molecule has 2 heterocycles. The second kappa shape index (κ2) is 5.95. The van der Waals surface area contributed by atoms with Gasteiger partial charge in [0.25, 0.3) is 0 Å². The lowest BCUT2D eigenvalue weighted by Crippen LogP contribution is -2.50. The molecule has 2 aliphatic heterocycles. The summed E-state index contributed by atoms with van der Waals surface area (Å²) in [6.07, 6.45) is 4.60. The summed E-state index contributed by atoms with van der Waals surface area (Å²) in [6.45, 7) is 2.86. The minimum atomic E-state index is -0.491. The zero-order chi connectivity index (χ0) is 13.8. The van der Waals surface area contributed by atoms with Crippen LogP contribution in [0.5, 0.6) is 0 Å². The van der Waals surface area contributed by atoms with E-state index in [0.29, 0.717) is 18.3 Å². The molecular formula is C13H20N2O4. The van der Waals surface area contributed by atoms with Crippen LogP contribution in [0.15, 0.2) is 11.8 Å². The van der Waals surface area contributed by atoms with Crippen LogP contribution in [-0.4, -0.2) is 54.8 Å². The lowest BCUT2D eigenvalue weighted by molar-refractivity contribution is -0.146. The minimum Gasteiger partial charge on any atom is -0.450 e. The van der Waals surface area contributed by atoms with E-state index in [9.17, 15) is 9.59 Å². The predicted molar refractivity (Wildman–Crippen MR) is 68.2 cm³/mol. The molecule has 0 bridgehead atoms. The maximum Gasteiger partial charge on any atom is 0.412 e. The van der Waals surface area contributed by atoms with Crippen LogP contribution in [0.3, 0.4) is 0 Å². The Morgan fingerprint density at radius 2 is 2.21 bits per heavy atom. The molecule has 106 valence electrons. The number of ether oxygens (including phenoxy) is 2. The van der Waals surface area contributed by atoms with Gasteiger partial charge < -0.3 is 14.4 Å². The van der Waals surface area contributed by atoms with E-state index in [1.54, 1.807) is 6.92 Å². The number of allylic oxidation sites excluding steroid dienone is 1. The molecule has 6 nitrogen and oxygen atoms in total. The minimum absolute atomic E-state index is 0.0898. The Hall–Kier alpha value is -1.72.